The van der Waals surface area contributed by atoms with E-state index in [-0.39, 0.29) is 11.6 Å². The van der Waals surface area contributed by atoms with Gasteiger partial charge in [0.1, 0.15) is 5.66 Å². The topological polar surface area (TPSA) is 44.4 Å². The second-order valence-electron chi connectivity index (χ2n) is 5.54. The molecule has 0 radical (unpaired) electrons. The maximum absolute atomic E-state index is 12.5. The lowest BCUT2D eigenvalue weighted by Crippen LogP contribution is -2.62. The summed E-state index contributed by atoms with van der Waals surface area (Å²) >= 11 is 0. The number of amides is 1. The van der Waals surface area contributed by atoms with Gasteiger partial charge < -0.3 is 15.5 Å². The monoisotopic (exact) mass is 259 g/mol. The molecule has 2 aliphatic heterocycles. The maximum Gasteiger partial charge on any atom is 0.255 e. The number of nitrogens with one attached hydrogen (secondary N) is 2. The predicted octanol–water partition coefficient (Wildman–Crippen LogP) is 1.51. The van der Waals surface area contributed by atoms with Crippen molar-refractivity contribution in [2.45, 2.75) is 32.4 Å². The second-order valence-corrected chi connectivity index (χ2v) is 5.54. The highest BCUT2D eigenvalue weighted by Gasteiger charge is 2.41. The van der Waals surface area contributed by atoms with E-state index < -0.39 is 0 Å². The number of hydrogen-bond donors (Lipinski definition) is 2. The fraction of sp³-hybridized carbons (Fsp3) is 0.533. The molecule has 1 aromatic rings. The Bertz CT molecular complexity index is 514. The standard InChI is InChI=1S/C15H21N3O/c1-3-11-5-4-6-12-13(11)14(19)17-15(2)7-8-16-9-10-18(12)15/h4-6,16H,3,7-10H2,1-2H3,(H,17,19)/t15-/m1/s1. The molecule has 102 valence electrons. The maximum atomic E-state index is 12.5. The van der Waals surface area contributed by atoms with Crippen LogP contribution in [0.3, 0.4) is 0 Å². The molecule has 0 aromatic heterocycles. The minimum Gasteiger partial charge on any atom is -0.347 e. The molecule has 0 bridgehead atoms. The first-order valence-corrected chi connectivity index (χ1v) is 7.08. The van der Waals surface area contributed by atoms with E-state index in [2.05, 4.69) is 47.6 Å². The molecule has 2 heterocycles. The van der Waals surface area contributed by atoms with Crippen LogP contribution in [0.25, 0.3) is 0 Å². The average Bonchev–Trinajstić information content (AvgIpc) is 2.59. The van der Waals surface area contributed by atoms with E-state index >= 15 is 0 Å². The van der Waals surface area contributed by atoms with Crippen molar-refractivity contribution in [3.8, 4) is 0 Å². The third-order valence-electron chi connectivity index (χ3n) is 4.31. The van der Waals surface area contributed by atoms with Gasteiger partial charge >= 0.3 is 0 Å². The molecule has 2 aliphatic rings. The van der Waals surface area contributed by atoms with Gasteiger partial charge in [0.2, 0.25) is 0 Å². The Morgan fingerprint density at radius 2 is 2.21 bits per heavy atom. The molecule has 4 heteroatoms. The van der Waals surface area contributed by atoms with Crippen molar-refractivity contribution in [3.63, 3.8) is 0 Å². The summed E-state index contributed by atoms with van der Waals surface area (Å²) in [6, 6.07) is 6.20. The fourth-order valence-corrected chi connectivity index (χ4v) is 3.22. The summed E-state index contributed by atoms with van der Waals surface area (Å²) in [5, 5.41) is 6.62. The molecular weight excluding hydrogens is 238 g/mol. The van der Waals surface area contributed by atoms with Crippen molar-refractivity contribution in [1.82, 2.24) is 10.6 Å². The first kappa shape index (κ1) is 12.5. The molecule has 0 saturated carbocycles. The summed E-state index contributed by atoms with van der Waals surface area (Å²) in [6.45, 7) is 7.05. The molecule has 0 spiro atoms. The number of rotatable bonds is 1. The largest absolute Gasteiger partial charge is 0.347 e. The molecule has 0 unspecified atom stereocenters. The van der Waals surface area contributed by atoms with E-state index in [1.807, 2.05) is 0 Å². The van der Waals surface area contributed by atoms with Gasteiger partial charge in [-0.2, -0.15) is 0 Å². The van der Waals surface area contributed by atoms with E-state index in [1.165, 1.54) is 0 Å². The van der Waals surface area contributed by atoms with E-state index in [0.29, 0.717) is 0 Å². The van der Waals surface area contributed by atoms with Crippen LogP contribution < -0.4 is 15.5 Å². The molecule has 1 amide bonds. The molecule has 4 nitrogen and oxygen atoms in total. The van der Waals surface area contributed by atoms with Crippen molar-refractivity contribution >= 4 is 11.6 Å². The first-order valence-electron chi connectivity index (χ1n) is 7.08. The number of aryl methyl sites for hydroxylation is 1. The number of fused-ring (bicyclic) bond motifs is 3. The fourth-order valence-electron chi connectivity index (χ4n) is 3.22. The second kappa shape index (κ2) is 4.53. The molecule has 2 N–H and O–H groups in total. The third kappa shape index (κ3) is 1.91. The number of carbonyl (C=O) groups excluding carboxylic acids is 1. The Hall–Kier alpha value is -1.55. The first-order chi connectivity index (χ1) is 9.15. The number of anilines is 1. The zero-order valence-corrected chi connectivity index (χ0v) is 11.6. The summed E-state index contributed by atoms with van der Waals surface area (Å²) in [6.07, 6.45) is 1.81. The van der Waals surface area contributed by atoms with Gasteiger partial charge in [-0.3, -0.25) is 4.79 Å². The zero-order valence-electron chi connectivity index (χ0n) is 11.6. The highest BCUT2D eigenvalue weighted by molar-refractivity contribution is 6.04. The quantitative estimate of drug-likeness (QED) is 0.803. The van der Waals surface area contributed by atoms with E-state index in [1.54, 1.807) is 0 Å². The van der Waals surface area contributed by atoms with Gasteiger partial charge in [0.25, 0.3) is 5.91 Å². The van der Waals surface area contributed by atoms with Gasteiger partial charge in [-0.05, 0) is 31.5 Å². The Labute approximate surface area is 114 Å². The summed E-state index contributed by atoms with van der Waals surface area (Å²) < 4.78 is 0. The molecule has 1 atom stereocenters. The van der Waals surface area contributed by atoms with Crippen molar-refractivity contribution in [1.29, 1.82) is 0 Å². The van der Waals surface area contributed by atoms with Crippen LogP contribution in [0, 0.1) is 0 Å². The van der Waals surface area contributed by atoms with E-state index in [9.17, 15) is 4.79 Å². The van der Waals surface area contributed by atoms with Gasteiger partial charge in [-0.1, -0.05) is 19.1 Å². The minimum atomic E-state index is -0.264. The summed E-state index contributed by atoms with van der Waals surface area (Å²) in [4.78, 5) is 14.8. The third-order valence-corrected chi connectivity index (χ3v) is 4.31. The van der Waals surface area contributed by atoms with Crippen LogP contribution in [0.2, 0.25) is 0 Å². The van der Waals surface area contributed by atoms with Crippen LogP contribution in [0.5, 0.6) is 0 Å². The molecule has 1 saturated heterocycles. The Morgan fingerprint density at radius 3 is 3.00 bits per heavy atom. The Morgan fingerprint density at radius 1 is 1.37 bits per heavy atom. The normalized spacial score (nSPS) is 26.2. The lowest BCUT2D eigenvalue weighted by molar-refractivity contribution is 0.0886. The van der Waals surface area contributed by atoms with E-state index in [0.717, 1.165) is 49.3 Å². The SMILES string of the molecule is CCc1cccc2c1C(=O)N[C@@]1(C)CCNCCN21. The molecule has 19 heavy (non-hydrogen) atoms. The van der Waals surface area contributed by atoms with Crippen molar-refractivity contribution in [3.05, 3.63) is 29.3 Å². The Kier molecular flexibility index (Phi) is 2.97. The van der Waals surface area contributed by atoms with Crippen LogP contribution in [0.15, 0.2) is 18.2 Å². The smallest absolute Gasteiger partial charge is 0.255 e. The summed E-state index contributed by atoms with van der Waals surface area (Å²) in [5.41, 5.74) is 2.83. The van der Waals surface area contributed by atoms with Gasteiger partial charge in [-0.25, -0.2) is 0 Å². The molecule has 1 aromatic carbocycles. The average molecular weight is 259 g/mol. The summed E-state index contributed by atoms with van der Waals surface area (Å²) in [5.74, 6) is 0.0769. The number of hydrogen-bond acceptors (Lipinski definition) is 3. The van der Waals surface area contributed by atoms with Gasteiger partial charge in [-0.15, -0.1) is 0 Å². The zero-order chi connectivity index (χ0) is 13.5. The van der Waals surface area contributed by atoms with Crippen LogP contribution in [-0.2, 0) is 6.42 Å². The number of benzene rings is 1. The van der Waals surface area contributed by atoms with Crippen LogP contribution >= 0.6 is 0 Å². The van der Waals surface area contributed by atoms with Gasteiger partial charge in [0.05, 0.1) is 11.3 Å². The minimum absolute atomic E-state index is 0.0769. The predicted molar refractivity (Wildman–Crippen MR) is 76.5 cm³/mol. The molecule has 0 aliphatic carbocycles. The lowest BCUT2D eigenvalue weighted by atomic mass is 9.94. The summed E-state index contributed by atoms with van der Waals surface area (Å²) in [7, 11) is 0. The van der Waals surface area contributed by atoms with Crippen molar-refractivity contribution in [2.75, 3.05) is 24.5 Å². The number of nitrogens with zero attached hydrogens (tertiary/aromatic N) is 1. The highest BCUT2D eigenvalue weighted by atomic mass is 16.2. The Balaban J connectivity index is 2.14. The molecular formula is C15H21N3O. The van der Waals surface area contributed by atoms with Gasteiger partial charge in [0.15, 0.2) is 0 Å². The van der Waals surface area contributed by atoms with Gasteiger partial charge in [0, 0.05) is 19.5 Å². The van der Waals surface area contributed by atoms with Crippen LogP contribution in [0.1, 0.15) is 36.2 Å². The van der Waals surface area contributed by atoms with Crippen molar-refractivity contribution < 1.29 is 4.79 Å². The van der Waals surface area contributed by atoms with E-state index in [4.69, 9.17) is 0 Å². The van der Waals surface area contributed by atoms with Crippen LogP contribution in [-0.4, -0.2) is 31.2 Å². The number of carbonyl (C=O) groups is 1. The highest BCUT2D eigenvalue weighted by Crippen LogP contribution is 2.35. The molecule has 1 fully saturated rings. The van der Waals surface area contributed by atoms with Crippen molar-refractivity contribution in [2.24, 2.45) is 0 Å². The lowest BCUT2D eigenvalue weighted by Gasteiger charge is -2.46. The molecule has 3 rings (SSSR count). The van der Waals surface area contributed by atoms with Crippen LogP contribution in [0.4, 0.5) is 5.69 Å².